The van der Waals surface area contributed by atoms with Crippen molar-refractivity contribution in [2.75, 3.05) is 10.5 Å². The van der Waals surface area contributed by atoms with Crippen molar-refractivity contribution in [3.63, 3.8) is 0 Å². The zero-order valence-corrected chi connectivity index (χ0v) is 12.2. The van der Waals surface area contributed by atoms with E-state index in [-0.39, 0.29) is 0 Å². The predicted octanol–water partition coefficient (Wildman–Crippen LogP) is 4.63. The van der Waals surface area contributed by atoms with Crippen molar-refractivity contribution in [3.05, 3.63) is 35.4 Å². The van der Waals surface area contributed by atoms with E-state index < -0.39 is 0 Å². The van der Waals surface area contributed by atoms with Crippen LogP contribution in [0.4, 0.5) is 5.69 Å². The van der Waals surface area contributed by atoms with Crippen LogP contribution in [-0.2, 0) is 6.42 Å². The van der Waals surface area contributed by atoms with E-state index in [9.17, 15) is 0 Å². The van der Waals surface area contributed by atoms with Gasteiger partial charge >= 0.3 is 0 Å². The molecule has 0 aliphatic carbocycles. The molecule has 3 heteroatoms. The maximum absolute atomic E-state index is 7.26. The zero-order chi connectivity index (χ0) is 13.4. The fourth-order valence-electron chi connectivity index (χ4n) is 1.64. The predicted molar refractivity (Wildman–Crippen MR) is 84.6 cm³/mol. The molecule has 1 aromatic rings. The molecule has 2 nitrogen and oxygen atoms in total. The lowest BCUT2D eigenvalue weighted by atomic mass is 10.0. The molecule has 0 atom stereocenters. The van der Waals surface area contributed by atoms with Crippen LogP contribution in [-0.4, -0.2) is 12.0 Å². The first-order chi connectivity index (χ1) is 8.69. The molecule has 0 aliphatic heterocycles. The topological polar surface area (TPSA) is 35.9 Å². The highest BCUT2D eigenvalue weighted by molar-refractivity contribution is 8.00. The van der Waals surface area contributed by atoms with Crippen molar-refractivity contribution in [3.8, 4) is 0 Å². The highest BCUT2D eigenvalue weighted by atomic mass is 32.2. The monoisotopic (exact) mass is 262 g/mol. The summed E-state index contributed by atoms with van der Waals surface area (Å²) in [6, 6.07) is 6.22. The number of hydrogen-bond acceptors (Lipinski definition) is 3. The molecule has 2 N–H and O–H groups in total. The molecule has 1 aromatic carbocycles. The number of hydrogen-bond donors (Lipinski definition) is 2. The molecule has 18 heavy (non-hydrogen) atoms. The van der Waals surface area contributed by atoms with Crippen LogP contribution in [0.1, 0.15) is 31.9 Å². The van der Waals surface area contributed by atoms with Crippen LogP contribution >= 0.6 is 11.9 Å². The van der Waals surface area contributed by atoms with Gasteiger partial charge in [-0.3, -0.25) is 0 Å². The number of allylic oxidation sites excluding steroid dienone is 1. The molecule has 0 bridgehead atoms. The van der Waals surface area contributed by atoms with Gasteiger partial charge in [0.1, 0.15) is 0 Å². The van der Waals surface area contributed by atoms with E-state index in [0.29, 0.717) is 12.3 Å². The first-order valence-electron chi connectivity index (χ1n) is 6.30. The number of anilines is 1. The molecule has 0 spiro atoms. The molecule has 0 saturated heterocycles. The summed E-state index contributed by atoms with van der Waals surface area (Å²) in [6.07, 6.45) is 6.29. The SMILES string of the molecule is C/C=C\c1c(CC=N)cccc1NSCC(C)C. The molecule has 0 aromatic heterocycles. The van der Waals surface area contributed by atoms with Crippen LogP contribution in [0.3, 0.4) is 0 Å². The van der Waals surface area contributed by atoms with Crippen molar-refractivity contribution in [2.45, 2.75) is 27.2 Å². The van der Waals surface area contributed by atoms with E-state index in [1.165, 1.54) is 17.3 Å². The molecule has 1 rings (SSSR count). The normalized spacial score (nSPS) is 11.1. The summed E-state index contributed by atoms with van der Waals surface area (Å²) in [5, 5.41) is 7.26. The molecular formula is C15H22N2S. The van der Waals surface area contributed by atoms with Crippen molar-refractivity contribution in [1.82, 2.24) is 0 Å². The van der Waals surface area contributed by atoms with Crippen LogP contribution in [0, 0.1) is 11.3 Å². The lowest BCUT2D eigenvalue weighted by Crippen LogP contribution is -1.99. The minimum atomic E-state index is 0.678. The standard InChI is InChI=1S/C15H22N2S/c1-4-6-14-13(9-10-16)7-5-8-15(14)17-18-11-12(2)3/h4-8,10,12,16-17H,9,11H2,1-3H3/b6-4-,16-10?. The lowest BCUT2D eigenvalue weighted by molar-refractivity contribution is 0.751. The van der Waals surface area contributed by atoms with Crippen LogP contribution in [0.25, 0.3) is 6.08 Å². The largest absolute Gasteiger partial charge is 0.329 e. The fourth-order valence-corrected chi connectivity index (χ4v) is 2.39. The maximum atomic E-state index is 7.26. The Hall–Kier alpha value is -1.22. The van der Waals surface area contributed by atoms with Gasteiger partial charge in [-0.2, -0.15) is 0 Å². The molecule has 0 saturated carbocycles. The highest BCUT2D eigenvalue weighted by Gasteiger charge is 2.05. The molecule has 0 aliphatic rings. The van der Waals surface area contributed by atoms with Gasteiger partial charge in [0.15, 0.2) is 0 Å². The minimum Gasteiger partial charge on any atom is -0.329 e. The average molecular weight is 262 g/mol. The van der Waals surface area contributed by atoms with Gasteiger partial charge < -0.3 is 10.1 Å². The van der Waals surface area contributed by atoms with E-state index in [4.69, 9.17) is 5.41 Å². The quantitative estimate of drug-likeness (QED) is 0.555. The summed E-state index contributed by atoms with van der Waals surface area (Å²) < 4.78 is 3.42. The average Bonchev–Trinajstić information content (AvgIpc) is 2.33. The van der Waals surface area contributed by atoms with Gasteiger partial charge in [0, 0.05) is 17.7 Å². The molecule has 0 amide bonds. The summed E-state index contributed by atoms with van der Waals surface area (Å²) in [5.74, 6) is 1.77. The van der Waals surface area contributed by atoms with E-state index in [1.54, 1.807) is 11.9 Å². The van der Waals surface area contributed by atoms with E-state index in [0.717, 1.165) is 11.4 Å². The number of rotatable bonds is 7. The first kappa shape index (κ1) is 14.8. The summed E-state index contributed by atoms with van der Waals surface area (Å²) in [7, 11) is 0. The third kappa shape index (κ3) is 4.57. The Balaban J connectivity index is 2.88. The Morgan fingerprint density at radius 1 is 1.39 bits per heavy atom. The van der Waals surface area contributed by atoms with Gasteiger partial charge in [-0.1, -0.05) is 50.1 Å². The van der Waals surface area contributed by atoms with Crippen molar-refractivity contribution in [1.29, 1.82) is 5.41 Å². The second kappa shape index (κ2) is 7.98. The van der Waals surface area contributed by atoms with Crippen LogP contribution in [0.5, 0.6) is 0 Å². The first-order valence-corrected chi connectivity index (χ1v) is 7.29. The van der Waals surface area contributed by atoms with Gasteiger partial charge in [-0.05, 0) is 30.7 Å². The van der Waals surface area contributed by atoms with E-state index in [2.05, 4.69) is 36.8 Å². The Morgan fingerprint density at radius 3 is 2.78 bits per heavy atom. The Morgan fingerprint density at radius 2 is 2.17 bits per heavy atom. The third-order valence-corrected chi connectivity index (χ3v) is 3.65. The fraction of sp³-hybridized carbons (Fsp3) is 0.400. The van der Waals surface area contributed by atoms with Gasteiger partial charge in [0.25, 0.3) is 0 Å². The Kier molecular flexibility index (Phi) is 6.58. The van der Waals surface area contributed by atoms with Crippen molar-refractivity contribution >= 4 is 29.9 Å². The highest BCUT2D eigenvalue weighted by Crippen LogP contribution is 2.25. The molecule has 0 fully saturated rings. The van der Waals surface area contributed by atoms with Crippen LogP contribution in [0.15, 0.2) is 24.3 Å². The summed E-state index contributed by atoms with van der Waals surface area (Å²) in [4.78, 5) is 0. The molecule has 98 valence electrons. The number of nitrogens with one attached hydrogen (secondary N) is 2. The second-order valence-corrected chi connectivity index (χ2v) is 5.42. The maximum Gasteiger partial charge on any atom is 0.0515 e. The molecule has 0 heterocycles. The Bertz CT molecular complexity index is 411. The smallest absolute Gasteiger partial charge is 0.0515 e. The van der Waals surface area contributed by atoms with Crippen LogP contribution < -0.4 is 4.72 Å². The van der Waals surface area contributed by atoms with Gasteiger partial charge in [-0.15, -0.1) is 0 Å². The molecule has 0 unspecified atom stereocenters. The minimum absolute atomic E-state index is 0.678. The van der Waals surface area contributed by atoms with Crippen LogP contribution in [0.2, 0.25) is 0 Å². The third-order valence-electron chi connectivity index (χ3n) is 2.45. The zero-order valence-electron chi connectivity index (χ0n) is 11.4. The summed E-state index contributed by atoms with van der Waals surface area (Å²) in [6.45, 7) is 6.45. The molecule has 0 radical (unpaired) electrons. The second-order valence-electron chi connectivity index (χ2n) is 4.59. The van der Waals surface area contributed by atoms with E-state index >= 15 is 0 Å². The van der Waals surface area contributed by atoms with Gasteiger partial charge in [0.2, 0.25) is 0 Å². The number of benzene rings is 1. The lowest BCUT2D eigenvalue weighted by Gasteiger charge is -2.13. The van der Waals surface area contributed by atoms with E-state index in [1.807, 2.05) is 19.1 Å². The summed E-state index contributed by atoms with van der Waals surface area (Å²) in [5.41, 5.74) is 3.52. The van der Waals surface area contributed by atoms with Crippen molar-refractivity contribution in [2.24, 2.45) is 5.92 Å². The van der Waals surface area contributed by atoms with Crippen molar-refractivity contribution < 1.29 is 0 Å². The summed E-state index contributed by atoms with van der Waals surface area (Å²) >= 11 is 1.74. The van der Waals surface area contributed by atoms with Gasteiger partial charge in [-0.25, -0.2) is 0 Å². The Labute approximate surface area is 115 Å². The molecular weight excluding hydrogens is 240 g/mol. The van der Waals surface area contributed by atoms with Gasteiger partial charge in [0.05, 0.1) is 5.69 Å².